The largest absolute Gasteiger partial charge is 0.494 e. The maximum atomic E-state index is 11.2. The molecule has 33 heavy (non-hydrogen) atoms. The Morgan fingerprint density at radius 3 is 1.48 bits per heavy atom. The summed E-state index contributed by atoms with van der Waals surface area (Å²) < 4.78 is 15.6. The molecule has 0 saturated carbocycles. The van der Waals surface area contributed by atoms with Crippen LogP contribution >= 0.6 is 23.2 Å². The average molecular weight is 499 g/mol. The van der Waals surface area contributed by atoms with Gasteiger partial charge in [-0.25, -0.2) is 9.59 Å². The number of alkyl halides is 2. The van der Waals surface area contributed by atoms with Crippen LogP contribution < -0.4 is 9.47 Å². The monoisotopic (exact) mass is 498 g/mol. The zero-order valence-electron chi connectivity index (χ0n) is 18.9. The molecule has 0 aliphatic rings. The van der Waals surface area contributed by atoms with E-state index in [2.05, 4.69) is 4.74 Å². The molecule has 2 aromatic carbocycles. The summed E-state index contributed by atoms with van der Waals surface area (Å²) in [6.45, 7) is 1.32. The molecule has 0 spiro atoms. The van der Waals surface area contributed by atoms with Crippen molar-refractivity contribution in [1.82, 2.24) is 0 Å². The first-order valence-corrected chi connectivity index (χ1v) is 12.0. The Morgan fingerprint density at radius 2 is 1.12 bits per heavy atom. The summed E-state index contributed by atoms with van der Waals surface area (Å²) in [6, 6.07) is 13.4. The fourth-order valence-electron chi connectivity index (χ4n) is 2.63. The van der Waals surface area contributed by atoms with Crippen molar-refractivity contribution in [3.8, 4) is 11.5 Å². The van der Waals surface area contributed by atoms with Crippen LogP contribution in [-0.2, 0) is 4.74 Å². The number of carboxylic acid groups (broad SMARTS) is 1. The third kappa shape index (κ3) is 13.0. The van der Waals surface area contributed by atoms with E-state index in [4.69, 9.17) is 37.8 Å². The minimum absolute atomic E-state index is 0.273. The van der Waals surface area contributed by atoms with Gasteiger partial charge in [-0.15, -0.1) is 23.2 Å². The second-order valence-electron chi connectivity index (χ2n) is 7.04. The van der Waals surface area contributed by atoms with E-state index in [-0.39, 0.29) is 11.5 Å². The van der Waals surface area contributed by atoms with Gasteiger partial charge in [0, 0.05) is 11.8 Å². The molecule has 0 heterocycles. The van der Waals surface area contributed by atoms with E-state index in [1.165, 1.54) is 19.2 Å². The minimum Gasteiger partial charge on any atom is -0.494 e. The van der Waals surface area contributed by atoms with Gasteiger partial charge >= 0.3 is 11.9 Å². The highest BCUT2D eigenvalue weighted by molar-refractivity contribution is 6.18. The summed E-state index contributed by atoms with van der Waals surface area (Å²) in [6.07, 6.45) is 6.11. The molecular formula is C25H32Cl2O6. The normalized spacial score (nSPS) is 10.0. The fraction of sp³-hybridized carbons (Fsp3) is 0.440. The summed E-state index contributed by atoms with van der Waals surface area (Å²) in [5.41, 5.74) is 0.802. The molecule has 0 radical (unpaired) electrons. The van der Waals surface area contributed by atoms with E-state index in [1.54, 1.807) is 36.4 Å². The number of unbranched alkanes of at least 4 members (excludes halogenated alkanes) is 4. The second-order valence-corrected chi connectivity index (χ2v) is 7.80. The first-order valence-electron chi connectivity index (χ1n) is 10.9. The summed E-state index contributed by atoms with van der Waals surface area (Å²) in [7, 11) is 1.36. The maximum absolute atomic E-state index is 11.2. The number of carboxylic acids is 1. The van der Waals surface area contributed by atoms with Crippen molar-refractivity contribution < 1.29 is 28.9 Å². The summed E-state index contributed by atoms with van der Waals surface area (Å²) >= 11 is 11.1. The van der Waals surface area contributed by atoms with E-state index >= 15 is 0 Å². The Kier molecular flexibility index (Phi) is 15.6. The van der Waals surface area contributed by atoms with Gasteiger partial charge in [0.2, 0.25) is 0 Å². The van der Waals surface area contributed by atoms with Crippen molar-refractivity contribution in [2.75, 3.05) is 32.1 Å². The predicted octanol–water partition coefficient (Wildman–Crippen LogP) is 6.43. The summed E-state index contributed by atoms with van der Waals surface area (Å²) in [5.74, 6) is 1.60. The number of hydrogen-bond acceptors (Lipinski definition) is 5. The molecule has 0 aliphatic heterocycles. The standard InChI is InChI=1S/C13H17ClO3.C12H15ClO3/c1-16-13(15)11-5-7-12(8-6-11)17-10-4-2-3-9-14;13-8-2-1-3-9-16-11-6-4-10(5-7-11)12(14)15/h5-8H,2-4,9-10H2,1H3;4-7H,1-3,8-9H2,(H,14,15). The molecule has 0 aliphatic carbocycles. The fourth-order valence-corrected chi connectivity index (χ4v) is 3.00. The molecule has 0 unspecified atom stereocenters. The van der Waals surface area contributed by atoms with Crippen LogP contribution in [0.25, 0.3) is 0 Å². The zero-order chi connectivity index (χ0) is 24.3. The van der Waals surface area contributed by atoms with Crippen LogP contribution in [0.15, 0.2) is 48.5 Å². The predicted molar refractivity (Wildman–Crippen MR) is 131 cm³/mol. The molecule has 1 N–H and O–H groups in total. The summed E-state index contributed by atoms with van der Waals surface area (Å²) in [5, 5.41) is 8.70. The molecule has 182 valence electrons. The number of methoxy groups -OCH3 is 1. The lowest BCUT2D eigenvalue weighted by Crippen LogP contribution is -2.01. The highest BCUT2D eigenvalue weighted by atomic mass is 35.5. The summed E-state index contributed by atoms with van der Waals surface area (Å²) in [4.78, 5) is 21.8. The number of halogens is 2. The Labute approximate surface area is 205 Å². The molecule has 6 nitrogen and oxygen atoms in total. The maximum Gasteiger partial charge on any atom is 0.337 e. The van der Waals surface area contributed by atoms with Crippen molar-refractivity contribution in [3.63, 3.8) is 0 Å². The van der Waals surface area contributed by atoms with Crippen LogP contribution in [0.4, 0.5) is 0 Å². The number of ether oxygens (including phenoxy) is 3. The van der Waals surface area contributed by atoms with Crippen molar-refractivity contribution in [1.29, 1.82) is 0 Å². The van der Waals surface area contributed by atoms with E-state index in [0.717, 1.165) is 44.3 Å². The van der Waals surface area contributed by atoms with Gasteiger partial charge in [-0.1, -0.05) is 0 Å². The zero-order valence-corrected chi connectivity index (χ0v) is 20.4. The number of benzene rings is 2. The lowest BCUT2D eigenvalue weighted by molar-refractivity contribution is 0.0599. The number of carbonyl (C=O) groups excluding carboxylic acids is 1. The van der Waals surface area contributed by atoms with E-state index in [0.29, 0.717) is 36.3 Å². The van der Waals surface area contributed by atoms with Crippen molar-refractivity contribution in [2.24, 2.45) is 0 Å². The van der Waals surface area contributed by atoms with E-state index < -0.39 is 5.97 Å². The van der Waals surface area contributed by atoms with Crippen molar-refractivity contribution in [3.05, 3.63) is 59.7 Å². The van der Waals surface area contributed by atoms with Gasteiger partial charge in [0.1, 0.15) is 11.5 Å². The van der Waals surface area contributed by atoms with E-state index in [1.807, 2.05) is 0 Å². The Hall–Kier alpha value is -2.44. The number of aromatic carboxylic acids is 1. The molecule has 8 heteroatoms. The third-order valence-electron chi connectivity index (χ3n) is 4.47. The molecule has 0 aromatic heterocycles. The molecule has 0 bridgehead atoms. The smallest absolute Gasteiger partial charge is 0.337 e. The lowest BCUT2D eigenvalue weighted by atomic mass is 10.2. The quantitative estimate of drug-likeness (QED) is 0.183. The Morgan fingerprint density at radius 1 is 0.697 bits per heavy atom. The third-order valence-corrected chi connectivity index (χ3v) is 5.00. The average Bonchev–Trinajstić information content (AvgIpc) is 2.84. The second kappa shape index (κ2) is 18.0. The number of esters is 1. The first kappa shape index (κ1) is 28.6. The van der Waals surface area contributed by atoms with Crippen LogP contribution in [0.3, 0.4) is 0 Å². The molecule has 2 rings (SSSR count). The Balaban J connectivity index is 0.000000331. The van der Waals surface area contributed by atoms with Crippen LogP contribution in [-0.4, -0.2) is 49.1 Å². The van der Waals surface area contributed by atoms with Gasteiger partial charge in [0.05, 0.1) is 31.5 Å². The van der Waals surface area contributed by atoms with Crippen LogP contribution in [0.5, 0.6) is 11.5 Å². The van der Waals surface area contributed by atoms with Gasteiger partial charge in [-0.3, -0.25) is 0 Å². The van der Waals surface area contributed by atoms with Gasteiger partial charge < -0.3 is 19.3 Å². The molecule has 0 amide bonds. The molecule has 0 atom stereocenters. The highest BCUT2D eigenvalue weighted by Crippen LogP contribution is 2.14. The lowest BCUT2D eigenvalue weighted by Gasteiger charge is -2.06. The topological polar surface area (TPSA) is 82.1 Å². The van der Waals surface area contributed by atoms with Crippen LogP contribution in [0.1, 0.15) is 59.2 Å². The van der Waals surface area contributed by atoms with Gasteiger partial charge in [-0.2, -0.15) is 0 Å². The van der Waals surface area contributed by atoms with Gasteiger partial charge in [-0.05, 0) is 87.1 Å². The van der Waals surface area contributed by atoms with Gasteiger partial charge in [0.25, 0.3) is 0 Å². The highest BCUT2D eigenvalue weighted by Gasteiger charge is 2.04. The van der Waals surface area contributed by atoms with Gasteiger partial charge in [0.15, 0.2) is 0 Å². The Bertz CT molecular complexity index is 794. The van der Waals surface area contributed by atoms with E-state index in [9.17, 15) is 9.59 Å². The number of carbonyl (C=O) groups is 2. The molecule has 2 aromatic rings. The van der Waals surface area contributed by atoms with Crippen molar-refractivity contribution >= 4 is 35.1 Å². The molecule has 0 fully saturated rings. The first-order chi connectivity index (χ1) is 16.0. The SMILES string of the molecule is COC(=O)c1ccc(OCCCCCCl)cc1.O=C(O)c1ccc(OCCCCCCl)cc1. The molecule has 0 saturated heterocycles. The van der Waals surface area contributed by atoms with Crippen LogP contribution in [0, 0.1) is 0 Å². The minimum atomic E-state index is -0.923. The van der Waals surface area contributed by atoms with Crippen molar-refractivity contribution in [2.45, 2.75) is 38.5 Å². The van der Waals surface area contributed by atoms with Crippen LogP contribution in [0.2, 0.25) is 0 Å². The molecular weight excluding hydrogens is 467 g/mol. The number of rotatable bonds is 14. The number of hydrogen-bond donors (Lipinski definition) is 1.